The second-order valence-corrected chi connectivity index (χ2v) is 21.4. The van der Waals surface area contributed by atoms with E-state index < -0.39 is 0 Å². The monoisotopic (exact) mass is 715 g/mol. The SMILES string of the molecule is CC(C)(C)c1cc(C#Cc2cc(C#Cc3cc(C(C)(C)C)cc(C(C)(C)C)c3)cc(C#Cc3cc(C(C)(C)C)cc(C(C)(C)C)c3)c2)cc(C(C)(C)C)c1. The van der Waals surface area contributed by atoms with E-state index in [2.05, 4.69) is 233 Å². The van der Waals surface area contributed by atoms with Crippen LogP contribution in [0.25, 0.3) is 0 Å². The molecule has 282 valence electrons. The molecule has 54 heavy (non-hydrogen) atoms. The molecule has 0 aliphatic carbocycles. The van der Waals surface area contributed by atoms with Gasteiger partial charge in [0.05, 0.1) is 0 Å². The minimum absolute atomic E-state index is 0.0181. The summed E-state index contributed by atoms with van der Waals surface area (Å²) in [6.07, 6.45) is 0. The van der Waals surface area contributed by atoms with Gasteiger partial charge in [-0.3, -0.25) is 0 Å². The molecular formula is C54H66. The molecule has 0 fully saturated rings. The fourth-order valence-electron chi connectivity index (χ4n) is 5.97. The lowest BCUT2D eigenvalue weighted by atomic mass is 9.79. The first-order chi connectivity index (χ1) is 24.5. The molecule has 0 aromatic heterocycles. The fraction of sp³-hybridized carbons (Fsp3) is 0.444. The van der Waals surface area contributed by atoms with Gasteiger partial charge in [-0.2, -0.15) is 0 Å². The maximum absolute atomic E-state index is 3.54. The Kier molecular flexibility index (Phi) is 11.8. The minimum Gasteiger partial charge on any atom is -0.0616 e. The Morgan fingerprint density at radius 2 is 0.333 bits per heavy atom. The Hall–Kier alpha value is -4.44. The highest BCUT2D eigenvalue weighted by Crippen LogP contribution is 2.33. The third-order valence-electron chi connectivity index (χ3n) is 9.98. The minimum atomic E-state index is 0.0181. The second kappa shape index (κ2) is 15.0. The van der Waals surface area contributed by atoms with E-state index in [-0.39, 0.29) is 32.5 Å². The molecule has 0 unspecified atom stereocenters. The predicted octanol–water partition coefficient (Wildman–Crippen LogP) is 13.7. The van der Waals surface area contributed by atoms with Crippen LogP contribution in [-0.4, -0.2) is 0 Å². The maximum atomic E-state index is 3.54. The van der Waals surface area contributed by atoms with Crippen LogP contribution >= 0.6 is 0 Å². The van der Waals surface area contributed by atoms with Crippen molar-refractivity contribution in [2.24, 2.45) is 0 Å². The highest BCUT2D eigenvalue weighted by atomic mass is 14.3. The lowest BCUT2D eigenvalue weighted by Gasteiger charge is -2.25. The number of rotatable bonds is 0. The molecule has 0 N–H and O–H groups in total. The Balaban J connectivity index is 1.93. The van der Waals surface area contributed by atoms with Crippen molar-refractivity contribution in [1.82, 2.24) is 0 Å². The zero-order valence-corrected chi connectivity index (χ0v) is 36.9. The quantitative estimate of drug-likeness (QED) is 0.159. The molecule has 0 nitrogen and oxygen atoms in total. The molecule has 0 amide bonds. The largest absolute Gasteiger partial charge is 0.0616 e. The lowest BCUT2D eigenvalue weighted by Crippen LogP contribution is -2.16. The Morgan fingerprint density at radius 1 is 0.204 bits per heavy atom. The summed E-state index contributed by atoms with van der Waals surface area (Å²) in [7, 11) is 0. The van der Waals surface area contributed by atoms with Gasteiger partial charge in [-0.1, -0.05) is 178 Å². The molecule has 0 heteroatoms. The van der Waals surface area contributed by atoms with Gasteiger partial charge in [-0.25, -0.2) is 0 Å². The third kappa shape index (κ3) is 11.5. The summed E-state index contributed by atoms with van der Waals surface area (Å²) in [4.78, 5) is 0. The van der Waals surface area contributed by atoms with Crippen LogP contribution in [0.15, 0.2) is 72.8 Å². The van der Waals surface area contributed by atoms with Gasteiger partial charge in [0.25, 0.3) is 0 Å². The van der Waals surface area contributed by atoms with Gasteiger partial charge >= 0.3 is 0 Å². The van der Waals surface area contributed by atoms with E-state index in [1.54, 1.807) is 0 Å². The van der Waals surface area contributed by atoms with Crippen LogP contribution in [0.2, 0.25) is 0 Å². The van der Waals surface area contributed by atoms with Crippen molar-refractivity contribution in [2.45, 2.75) is 157 Å². The average Bonchev–Trinajstić information content (AvgIpc) is 3.02. The van der Waals surface area contributed by atoms with Crippen molar-refractivity contribution in [2.75, 3.05) is 0 Å². The van der Waals surface area contributed by atoms with Gasteiger partial charge in [-0.15, -0.1) is 0 Å². The van der Waals surface area contributed by atoms with Crippen molar-refractivity contribution in [1.29, 1.82) is 0 Å². The highest BCUT2D eigenvalue weighted by molar-refractivity contribution is 5.57. The van der Waals surface area contributed by atoms with Crippen molar-refractivity contribution in [3.63, 3.8) is 0 Å². The van der Waals surface area contributed by atoms with Gasteiger partial charge in [-0.05, 0) is 120 Å². The summed E-state index contributed by atoms with van der Waals surface area (Å²) in [5, 5.41) is 0. The summed E-state index contributed by atoms with van der Waals surface area (Å²) in [6, 6.07) is 26.8. The van der Waals surface area contributed by atoms with E-state index in [9.17, 15) is 0 Å². The van der Waals surface area contributed by atoms with Gasteiger partial charge in [0, 0.05) is 33.4 Å². The smallest absolute Gasteiger partial charge is 0.0273 e. The zero-order chi connectivity index (χ0) is 40.7. The number of hydrogen-bond acceptors (Lipinski definition) is 0. The molecule has 4 aromatic carbocycles. The molecule has 0 bridgehead atoms. The first kappa shape index (κ1) is 42.3. The van der Waals surface area contributed by atoms with Crippen LogP contribution in [0, 0.1) is 35.5 Å². The first-order valence-corrected chi connectivity index (χ1v) is 19.7. The molecule has 4 rings (SSSR count). The normalized spacial score (nSPS) is 12.6. The number of hydrogen-bond donors (Lipinski definition) is 0. The maximum Gasteiger partial charge on any atom is 0.0273 e. The van der Waals surface area contributed by atoms with Crippen molar-refractivity contribution in [3.8, 4) is 35.5 Å². The van der Waals surface area contributed by atoms with Crippen LogP contribution in [0.4, 0.5) is 0 Å². The van der Waals surface area contributed by atoms with E-state index in [0.717, 1.165) is 33.4 Å². The molecule has 0 aliphatic heterocycles. The van der Waals surface area contributed by atoms with Crippen LogP contribution in [0.5, 0.6) is 0 Å². The van der Waals surface area contributed by atoms with E-state index >= 15 is 0 Å². The summed E-state index contributed by atoms with van der Waals surface area (Å²) < 4.78 is 0. The van der Waals surface area contributed by atoms with E-state index in [0.29, 0.717) is 0 Å². The molecule has 0 spiro atoms. The van der Waals surface area contributed by atoms with Crippen molar-refractivity contribution < 1.29 is 0 Å². The lowest BCUT2D eigenvalue weighted by molar-refractivity contribution is 0.567. The van der Waals surface area contributed by atoms with Crippen LogP contribution in [0.3, 0.4) is 0 Å². The Morgan fingerprint density at radius 3 is 0.463 bits per heavy atom. The molecule has 0 saturated carbocycles. The summed E-state index contributed by atoms with van der Waals surface area (Å²) >= 11 is 0. The molecule has 0 heterocycles. The molecule has 0 aliphatic rings. The zero-order valence-electron chi connectivity index (χ0n) is 36.9. The average molecular weight is 715 g/mol. The molecule has 0 atom stereocenters. The predicted molar refractivity (Wildman–Crippen MR) is 236 cm³/mol. The summed E-state index contributed by atoms with van der Waals surface area (Å²) in [5.74, 6) is 21.2. The van der Waals surface area contributed by atoms with E-state index in [1.165, 1.54) is 33.4 Å². The van der Waals surface area contributed by atoms with Gasteiger partial charge < -0.3 is 0 Å². The second-order valence-electron chi connectivity index (χ2n) is 21.4. The van der Waals surface area contributed by atoms with Gasteiger partial charge in [0.15, 0.2) is 0 Å². The van der Waals surface area contributed by atoms with Crippen molar-refractivity contribution in [3.05, 3.63) is 140 Å². The van der Waals surface area contributed by atoms with Crippen LogP contribution < -0.4 is 0 Å². The Labute approximate surface area is 331 Å². The number of benzene rings is 4. The van der Waals surface area contributed by atoms with Gasteiger partial charge in [0.2, 0.25) is 0 Å². The van der Waals surface area contributed by atoms with E-state index in [4.69, 9.17) is 0 Å². The van der Waals surface area contributed by atoms with E-state index in [1.807, 2.05) is 0 Å². The molecular weight excluding hydrogens is 649 g/mol. The molecule has 0 radical (unpaired) electrons. The van der Waals surface area contributed by atoms with Crippen LogP contribution in [-0.2, 0) is 32.5 Å². The summed E-state index contributed by atoms with van der Waals surface area (Å²) in [5.41, 5.74) is 13.7. The molecule has 0 saturated heterocycles. The first-order valence-electron chi connectivity index (χ1n) is 19.7. The fourth-order valence-corrected chi connectivity index (χ4v) is 5.97. The highest BCUT2D eigenvalue weighted by Gasteiger charge is 2.23. The van der Waals surface area contributed by atoms with Gasteiger partial charge in [0.1, 0.15) is 0 Å². The summed E-state index contributed by atoms with van der Waals surface area (Å²) in [6.45, 7) is 40.8. The third-order valence-corrected chi connectivity index (χ3v) is 9.98. The van der Waals surface area contributed by atoms with Crippen molar-refractivity contribution >= 4 is 0 Å². The van der Waals surface area contributed by atoms with Crippen LogP contribution in [0.1, 0.15) is 191 Å². The Bertz CT molecular complexity index is 1840. The molecule has 4 aromatic rings. The standard InChI is InChI=1S/C54H66/c1-49(2,3)43-28-40(29-44(34-43)50(4,5)6)22-19-37-25-38(20-23-41-30-45(51(7,8)9)35-46(31-41)52(10,11)12)27-39(26-37)21-24-42-32-47(53(13,14)15)36-48(33-42)54(16,17)18/h25-36H,1-18H3. The topological polar surface area (TPSA) is 0 Å².